The first-order chi connectivity index (χ1) is 11.9. The summed E-state index contributed by atoms with van der Waals surface area (Å²) in [5.74, 6) is -0.437. The predicted octanol–water partition coefficient (Wildman–Crippen LogP) is 0.809. The number of benzene rings is 1. The Balaban J connectivity index is 2.17. The van der Waals surface area contributed by atoms with Gasteiger partial charge in [-0.25, -0.2) is 9.59 Å². The minimum absolute atomic E-state index is 0.125. The lowest BCUT2D eigenvalue weighted by atomic mass is 10.2. The summed E-state index contributed by atoms with van der Waals surface area (Å²) in [4.78, 5) is 37.1. The van der Waals surface area contributed by atoms with E-state index < -0.39 is 24.0 Å². The van der Waals surface area contributed by atoms with Crippen LogP contribution in [0.3, 0.4) is 0 Å². The molecule has 0 aliphatic carbocycles. The molecule has 25 heavy (non-hydrogen) atoms. The van der Waals surface area contributed by atoms with Crippen molar-refractivity contribution in [3.63, 3.8) is 0 Å². The molecular weight excluding hydrogens is 332 g/mol. The third kappa shape index (κ3) is 3.76. The lowest BCUT2D eigenvalue weighted by Crippen LogP contribution is -2.41. The normalized spacial score (nSPS) is 14.6. The van der Waals surface area contributed by atoms with Gasteiger partial charge in [0.15, 0.2) is 17.6 Å². The number of rotatable bonds is 6. The van der Waals surface area contributed by atoms with Crippen molar-refractivity contribution in [2.45, 2.75) is 13.0 Å². The van der Waals surface area contributed by atoms with Gasteiger partial charge in [-0.05, 0) is 19.1 Å². The second-order valence-electron chi connectivity index (χ2n) is 5.18. The molecule has 1 heterocycles. The molecular formula is C16H20N2O7. The SMILES string of the molecule is COc1cc(C(=O)OC(C)C(=O)N2CCNC2=O)cc(OC)c1OC. The zero-order valence-corrected chi connectivity index (χ0v) is 14.5. The molecule has 1 aromatic rings. The number of amides is 3. The summed E-state index contributed by atoms with van der Waals surface area (Å²) in [5.41, 5.74) is 0.125. The topological polar surface area (TPSA) is 103 Å². The first-order valence-electron chi connectivity index (χ1n) is 7.53. The fraction of sp³-hybridized carbons (Fsp3) is 0.438. The van der Waals surface area contributed by atoms with E-state index in [0.717, 1.165) is 4.90 Å². The average molecular weight is 352 g/mol. The summed E-state index contributed by atoms with van der Waals surface area (Å²) >= 11 is 0. The van der Waals surface area contributed by atoms with Gasteiger partial charge in [-0.2, -0.15) is 0 Å². The Hall–Kier alpha value is -2.97. The molecule has 2 rings (SSSR count). The maximum Gasteiger partial charge on any atom is 0.339 e. The number of nitrogens with zero attached hydrogens (tertiary/aromatic N) is 1. The molecule has 1 aliphatic rings. The van der Waals surface area contributed by atoms with Gasteiger partial charge in [-0.15, -0.1) is 0 Å². The van der Waals surface area contributed by atoms with Crippen LogP contribution in [0, 0.1) is 0 Å². The van der Waals surface area contributed by atoms with Crippen LogP contribution in [0.4, 0.5) is 4.79 Å². The van der Waals surface area contributed by atoms with Crippen LogP contribution in [0.15, 0.2) is 12.1 Å². The summed E-state index contributed by atoms with van der Waals surface area (Å²) in [6, 6.07) is 2.34. The lowest BCUT2D eigenvalue weighted by molar-refractivity contribution is -0.136. The smallest absolute Gasteiger partial charge is 0.339 e. The number of carbonyl (C=O) groups is 3. The van der Waals surface area contributed by atoms with Crippen LogP contribution in [-0.2, 0) is 9.53 Å². The monoisotopic (exact) mass is 352 g/mol. The van der Waals surface area contributed by atoms with Crippen LogP contribution in [-0.4, -0.2) is 63.3 Å². The van der Waals surface area contributed by atoms with E-state index in [-0.39, 0.29) is 23.6 Å². The number of nitrogens with one attached hydrogen (secondary N) is 1. The number of urea groups is 1. The van der Waals surface area contributed by atoms with Crippen molar-refractivity contribution in [3.8, 4) is 17.2 Å². The third-order valence-corrected chi connectivity index (χ3v) is 3.65. The van der Waals surface area contributed by atoms with Crippen molar-refractivity contribution < 1.29 is 33.3 Å². The highest BCUT2D eigenvalue weighted by molar-refractivity contribution is 5.99. The van der Waals surface area contributed by atoms with Crippen molar-refractivity contribution in [2.75, 3.05) is 34.4 Å². The average Bonchev–Trinajstić information content (AvgIpc) is 3.05. The highest BCUT2D eigenvalue weighted by Crippen LogP contribution is 2.38. The molecule has 9 nitrogen and oxygen atoms in total. The minimum Gasteiger partial charge on any atom is -0.493 e. The molecule has 1 aromatic carbocycles. The highest BCUT2D eigenvalue weighted by atomic mass is 16.6. The zero-order valence-electron chi connectivity index (χ0n) is 14.5. The van der Waals surface area contributed by atoms with Crippen molar-refractivity contribution >= 4 is 17.9 Å². The Morgan fingerprint density at radius 2 is 1.72 bits per heavy atom. The van der Waals surface area contributed by atoms with Crippen molar-refractivity contribution in [3.05, 3.63) is 17.7 Å². The predicted molar refractivity (Wildman–Crippen MR) is 86.1 cm³/mol. The van der Waals surface area contributed by atoms with Gasteiger partial charge in [0.05, 0.1) is 26.9 Å². The Bertz CT molecular complexity index is 664. The third-order valence-electron chi connectivity index (χ3n) is 3.65. The molecule has 0 saturated carbocycles. The quantitative estimate of drug-likeness (QED) is 0.756. The van der Waals surface area contributed by atoms with Crippen LogP contribution in [0.5, 0.6) is 17.2 Å². The van der Waals surface area contributed by atoms with Gasteiger partial charge in [-0.3, -0.25) is 9.69 Å². The van der Waals surface area contributed by atoms with E-state index in [1.807, 2.05) is 0 Å². The summed E-state index contributed by atoms with van der Waals surface area (Å²) < 4.78 is 20.7. The Morgan fingerprint density at radius 1 is 1.12 bits per heavy atom. The van der Waals surface area contributed by atoms with Gasteiger partial charge >= 0.3 is 12.0 Å². The summed E-state index contributed by atoms with van der Waals surface area (Å²) in [6.07, 6.45) is -1.12. The van der Waals surface area contributed by atoms with Crippen molar-refractivity contribution in [1.82, 2.24) is 10.2 Å². The Kier molecular flexibility index (Phi) is 5.68. The second kappa shape index (κ2) is 7.73. The molecule has 1 aliphatic heterocycles. The van der Waals surface area contributed by atoms with E-state index >= 15 is 0 Å². The van der Waals surface area contributed by atoms with E-state index in [0.29, 0.717) is 12.3 Å². The van der Waals surface area contributed by atoms with Gasteiger partial charge < -0.3 is 24.3 Å². The van der Waals surface area contributed by atoms with E-state index in [2.05, 4.69) is 5.32 Å². The van der Waals surface area contributed by atoms with Gasteiger partial charge in [0.2, 0.25) is 5.75 Å². The Labute approximate surface area is 144 Å². The molecule has 1 N–H and O–H groups in total. The van der Waals surface area contributed by atoms with Crippen LogP contribution >= 0.6 is 0 Å². The lowest BCUT2D eigenvalue weighted by Gasteiger charge is -2.19. The van der Waals surface area contributed by atoms with Crippen LogP contribution < -0.4 is 19.5 Å². The van der Waals surface area contributed by atoms with Crippen LogP contribution in [0.2, 0.25) is 0 Å². The van der Waals surface area contributed by atoms with E-state index in [9.17, 15) is 14.4 Å². The Morgan fingerprint density at radius 3 is 2.16 bits per heavy atom. The number of methoxy groups -OCH3 is 3. The maximum atomic E-state index is 12.3. The van der Waals surface area contributed by atoms with Crippen LogP contribution in [0.25, 0.3) is 0 Å². The van der Waals surface area contributed by atoms with Crippen molar-refractivity contribution in [2.24, 2.45) is 0 Å². The van der Waals surface area contributed by atoms with Gasteiger partial charge in [0.25, 0.3) is 5.91 Å². The fourth-order valence-corrected chi connectivity index (χ4v) is 2.38. The van der Waals surface area contributed by atoms with E-state index in [4.69, 9.17) is 18.9 Å². The summed E-state index contributed by atoms with van der Waals surface area (Å²) in [6.45, 7) is 2.02. The molecule has 136 valence electrons. The van der Waals surface area contributed by atoms with Gasteiger partial charge in [-0.1, -0.05) is 0 Å². The standard InChI is InChI=1S/C16H20N2O7/c1-9(14(19)18-6-5-17-16(18)21)25-15(20)10-7-11(22-2)13(24-4)12(8-10)23-3/h7-9H,5-6H2,1-4H3,(H,17,21). The number of hydrogen-bond acceptors (Lipinski definition) is 7. The second-order valence-corrected chi connectivity index (χ2v) is 5.18. The largest absolute Gasteiger partial charge is 0.493 e. The highest BCUT2D eigenvalue weighted by Gasteiger charge is 2.32. The first kappa shape index (κ1) is 18.4. The molecule has 3 amide bonds. The molecule has 0 bridgehead atoms. The van der Waals surface area contributed by atoms with E-state index in [1.54, 1.807) is 0 Å². The summed E-state index contributed by atoms with van der Waals surface area (Å²) in [7, 11) is 4.29. The zero-order chi connectivity index (χ0) is 18.6. The van der Waals surface area contributed by atoms with Gasteiger partial charge in [0.1, 0.15) is 0 Å². The fourth-order valence-electron chi connectivity index (χ4n) is 2.38. The van der Waals surface area contributed by atoms with Crippen molar-refractivity contribution in [1.29, 1.82) is 0 Å². The number of imide groups is 1. The number of carbonyl (C=O) groups excluding carboxylic acids is 3. The molecule has 0 spiro atoms. The number of hydrogen-bond donors (Lipinski definition) is 1. The molecule has 0 radical (unpaired) electrons. The minimum atomic E-state index is -1.12. The van der Waals surface area contributed by atoms with E-state index in [1.165, 1.54) is 40.4 Å². The summed E-state index contributed by atoms with van der Waals surface area (Å²) in [5, 5.41) is 2.51. The molecule has 1 unspecified atom stereocenters. The molecule has 1 fully saturated rings. The number of ether oxygens (including phenoxy) is 4. The maximum absolute atomic E-state index is 12.3. The molecule has 9 heteroatoms. The first-order valence-corrected chi connectivity index (χ1v) is 7.53. The number of esters is 1. The van der Waals surface area contributed by atoms with Gasteiger partial charge in [0, 0.05) is 13.1 Å². The molecule has 0 aromatic heterocycles. The van der Waals surface area contributed by atoms with Crippen LogP contribution in [0.1, 0.15) is 17.3 Å². The molecule has 1 atom stereocenters. The molecule has 1 saturated heterocycles.